The molecule has 0 aliphatic rings. The average molecular weight is 313 g/mol. The van der Waals surface area contributed by atoms with Crippen LogP contribution in [-0.4, -0.2) is 7.11 Å². The maximum atomic E-state index is 5.32. The Morgan fingerprint density at radius 2 is 1.78 bits per heavy atom. The molecule has 0 amide bonds. The molecule has 1 atom stereocenters. The van der Waals surface area contributed by atoms with Crippen LogP contribution in [0.4, 0.5) is 0 Å². The second kappa shape index (κ2) is 7.83. The van der Waals surface area contributed by atoms with Crippen molar-refractivity contribution in [2.45, 2.75) is 51.3 Å². The van der Waals surface area contributed by atoms with Gasteiger partial charge in [0.1, 0.15) is 5.75 Å². The molecule has 0 aliphatic carbocycles. The van der Waals surface area contributed by atoms with Gasteiger partial charge in [-0.3, -0.25) is 0 Å². The van der Waals surface area contributed by atoms with Crippen molar-refractivity contribution < 1.29 is 4.74 Å². The summed E-state index contributed by atoms with van der Waals surface area (Å²) in [6, 6.07) is 6.51. The predicted octanol–water partition coefficient (Wildman–Crippen LogP) is 5.66. The van der Waals surface area contributed by atoms with Crippen molar-refractivity contribution in [3.05, 3.63) is 29.3 Å². The van der Waals surface area contributed by atoms with Crippen LogP contribution in [0.1, 0.15) is 55.5 Å². The van der Waals surface area contributed by atoms with Gasteiger partial charge >= 0.3 is 0 Å². The zero-order valence-electron chi connectivity index (χ0n) is 12.0. The van der Waals surface area contributed by atoms with Gasteiger partial charge in [0.2, 0.25) is 0 Å². The van der Waals surface area contributed by atoms with E-state index in [9.17, 15) is 0 Å². The van der Waals surface area contributed by atoms with Gasteiger partial charge in [0.25, 0.3) is 0 Å². The first-order valence-electron chi connectivity index (χ1n) is 6.92. The van der Waals surface area contributed by atoms with Crippen molar-refractivity contribution in [1.29, 1.82) is 0 Å². The molecule has 2 heteroatoms. The molecular weight excluding hydrogens is 288 g/mol. The van der Waals surface area contributed by atoms with Crippen LogP contribution in [0.15, 0.2) is 18.2 Å². The summed E-state index contributed by atoms with van der Waals surface area (Å²) in [6.45, 7) is 6.64. The fourth-order valence-electron chi connectivity index (χ4n) is 2.52. The van der Waals surface area contributed by atoms with Crippen molar-refractivity contribution in [3.8, 4) is 5.75 Å². The van der Waals surface area contributed by atoms with Crippen LogP contribution < -0.4 is 4.74 Å². The van der Waals surface area contributed by atoms with Crippen molar-refractivity contribution in [3.63, 3.8) is 0 Å². The molecule has 1 unspecified atom stereocenters. The summed E-state index contributed by atoms with van der Waals surface area (Å²) in [7, 11) is 1.73. The first kappa shape index (κ1) is 15.6. The fraction of sp³-hybridized carbons (Fsp3) is 0.625. The van der Waals surface area contributed by atoms with Gasteiger partial charge in [-0.1, -0.05) is 54.8 Å². The third-order valence-corrected chi connectivity index (χ3v) is 4.75. The Hall–Kier alpha value is -0.500. The molecule has 0 spiro atoms. The molecule has 0 radical (unpaired) electrons. The fourth-order valence-corrected chi connectivity index (χ4v) is 3.34. The molecule has 18 heavy (non-hydrogen) atoms. The Bertz CT molecular complexity index is 356. The largest absolute Gasteiger partial charge is 0.496 e. The van der Waals surface area contributed by atoms with Crippen molar-refractivity contribution >= 4 is 15.9 Å². The molecule has 1 aromatic carbocycles. The molecule has 0 aromatic heterocycles. The SMILES string of the molecule is CCCC(CCC)C(Br)c1ccc(OC)c(C)c1. The molecule has 0 saturated carbocycles. The molecule has 0 saturated heterocycles. The number of hydrogen-bond acceptors (Lipinski definition) is 1. The lowest BCUT2D eigenvalue weighted by molar-refractivity contribution is 0.410. The monoisotopic (exact) mass is 312 g/mol. The van der Waals surface area contributed by atoms with Crippen LogP contribution in [0.5, 0.6) is 5.75 Å². The summed E-state index contributed by atoms with van der Waals surface area (Å²) < 4.78 is 5.32. The number of benzene rings is 1. The zero-order valence-corrected chi connectivity index (χ0v) is 13.6. The van der Waals surface area contributed by atoms with E-state index in [0.717, 1.165) is 11.7 Å². The Balaban J connectivity index is 2.86. The van der Waals surface area contributed by atoms with Crippen LogP contribution in [-0.2, 0) is 0 Å². The molecule has 0 heterocycles. The van der Waals surface area contributed by atoms with Gasteiger partial charge in [0, 0.05) is 4.83 Å². The van der Waals surface area contributed by atoms with Crippen molar-refractivity contribution in [1.82, 2.24) is 0 Å². The smallest absolute Gasteiger partial charge is 0.121 e. The first-order chi connectivity index (χ1) is 8.63. The maximum absolute atomic E-state index is 5.32. The van der Waals surface area contributed by atoms with E-state index in [2.05, 4.69) is 54.9 Å². The summed E-state index contributed by atoms with van der Waals surface area (Å²) in [5.74, 6) is 1.70. The normalized spacial score (nSPS) is 12.8. The Labute approximate surface area is 120 Å². The molecule has 1 nitrogen and oxygen atoms in total. The van der Waals surface area contributed by atoms with E-state index < -0.39 is 0 Å². The van der Waals surface area contributed by atoms with E-state index >= 15 is 0 Å². The molecule has 0 fully saturated rings. The molecule has 0 aliphatic heterocycles. The Kier molecular flexibility index (Phi) is 6.77. The van der Waals surface area contributed by atoms with Gasteiger partial charge in [-0.15, -0.1) is 0 Å². The number of methoxy groups -OCH3 is 1. The van der Waals surface area contributed by atoms with Gasteiger partial charge < -0.3 is 4.74 Å². The number of alkyl halides is 1. The molecule has 1 rings (SSSR count). The Morgan fingerprint density at radius 1 is 1.17 bits per heavy atom. The number of rotatable bonds is 7. The van der Waals surface area contributed by atoms with E-state index in [1.807, 2.05) is 0 Å². The second-order valence-electron chi connectivity index (χ2n) is 4.97. The molecular formula is C16H25BrO. The molecule has 0 bridgehead atoms. The van der Waals surface area contributed by atoms with E-state index in [0.29, 0.717) is 4.83 Å². The lowest BCUT2D eigenvalue weighted by Gasteiger charge is -2.23. The first-order valence-corrected chi connectivity index (χ1v) is 7.84. The summed E-state index contributed by atoms with van der Waals surface area (Å²) >= 11 is 3.89. The molecule has 102 valence electrons. The summed E-state index contributed by atoms with van der Waals surface area (Å²) in [5.41, 5.74) is 2.59. The van der Waals surface area contributed by atoms with Crippen LogP contribution in [0.25, 0.3) is 0 Å². The number of aryl methyl sites for hydroxylation is 1. The Morgan fingerprint density at radius 3 is 2.22 bits per heavy atom. The standard InChI is InChI=1S/C16H25BrO/c1-5-7-13(8-6-2)16(17)14-9-10-15(18-4)12(3)11-14/h9-11,13,16H,5-8H2,1-4H3. The van der Waals surface area contributed by atoms with E-state index in [4.69, 9.17) is 4.74 Å². The number of ether oxygens (including phenoxy) is 1. The van der Waals surface area contributed by atoms with Gasteiger partial charge in [-0.25, -0.2) is 0 Å². The highest BCUT2D eigenvalue weighted by molar-refractivity contribution is 9.09. The minimum absolute atomic E-state index is 0.460. The van der Waals surface area contributed by atoms with E-state index in [1.165, 1.54) is 36.8 Å². The second-order valence-corrected chi connectivity index (χ2v) is 5.95. The lowest BCUT2D eigenvalue weighted by Crippen LogP contribution is -2.08. The maximum Gasteiger partial charge on any atom is 0.121 e. The highest BCUT2D eigenvalue weighted by Crippen LogP contribution is 2.38. The van der Waals surface area contributed by atoms with Crippen LogP contribution in [0.3, 0.4) is 0 Å². The van der Waals surface area contributed by atoms with Crippen LogP contribution in [0.2, 0.25) is 0 Å². The van der Waals surface area contributed by atoms with E-state index in [1.54, 1.807) is 7.11 Å². The predicted molar refractivity (Wildman–Crippen MR) is 82.7 cm³/mol. The van der Waals surface area contributed by atoms with Gasteiger partial charge in [-0.05, 0) is 42.9 Å². The third kappa shape index (κ3) is 4.01. The summed E-state index contributed by atoms with van der Waals surface area (Å²) in [6.07, 6.45) is 5.08. The highest BCUT2D eigenvalue weighted by Gasteiger charge is 2.19. The van der Waals surface area contributed by atoms with Crippen LogP contribution in [0, 0.1) is 12.8 Å². The number of halogens is 1. The lowest BCUT2D eigenvalue weighted by atomic mass is 9.90. The molecule has 0 N–H and O–H groups in total. The number of hydrogen-bond donors (Lipinski definition) is 0. The quantitative estimate of drug-likeness (QED) is 0.590. The third-order valence-electron chi connectivity index (χ3n) is 3.47. The highest BCUT2D eigenvalue weighted by atomic mass is 79.9. The van der Waals surface area contributed by atoms with Crippen molar-refractivity contribution in [2.24, 2.45) is 5.92 Å². The minimum Gasteiger partial charge on any atom is -0.496 e. The van der Waals surface area contributed by atoms with Crippen molar-refractivity contribution in [2.75, 3.05) is 7.11 Å². The summed E-state index contributed by atoms with van der Waals surface area (Å²) in [4.78, 5) is 0.460. The molecule has 1 aromatic rings. The van der Waals surface area contributed by atoms with E-state index in [-0.39, 0.29) is 0 Å². The topological polar surface area (TPSA) is 9.23 Å². The minimum atomic E-state index is 0.460. The van der Waals surface area contributed by atoms with Gasteiger partial charge in [-0.2, -0.15) is 0 Å². The summed E-state index contributed by atoms with van der Waals surface area (Å²) in [5, 5.41) is 0. The van der Waals surface area contributed by atoms with Gasteiger partial charge in [0.05, 0.1) is 7.11 Å². The van der Waals surface area contributed by atoms with Crippen LogP contribution >= 0.6 is 15.9 Å². The average Bonchev–Trinajstić information content (AvgIpc) is 2.37. The zero-order chi connectivity index (χ0) is 13.5. The van der Waals surface area contributed by atoms with Gasteiger partial charge in [0.15, 0.2) is 0 Å².